The monoisotopic (exact) mass is 340 g/mol. The number of nitrogen functional groups attached to an aromatic ring is 1. The Bertz CT molecular complexity index is 740. The summed E-state index contributed by atoms with van der Waals surface area (Å²) in [5.74, 6) is -1.97. The lowest BCUT2D eigenvalue weighted by Crippen LogP contribution is -2.21. The first kappa shape index (κ1) is 16.9. The van der Waals surface area contributed by atoms with Crippen molar-refractivity contribution >= 4 is 34.5 Å². The Hall–Kier alpha value is -2.47. The Morgan fingerprint density at radius 2 is 1.70 bits per heavy atom. The van der Waals surface area contributed by atoms with Crippen LogP contribution in [0.2, 0.25) is 5.02 Å². The highest BCUT2D eigenvalue weighted by Gasteiger charge is 2.36. The molecule has 7 heteroatoms. The van der Waals surface area contributed by atoms with Gasteiger partial charge in [-0.1, -0.05) is 35.9 Å². The molecule has 0 aliphatic heterocycles. The van der Waals surface area contributed by atoms with Crippen molar-refractivity contribution in [3.8, 4) is 0 Å². The molecule has 0 atom stereocenters. The van der Waals surface area contributed by atoms with Crippen molar-refractivity contribution in [1.82, 2.24) is 0 Å². The second kappa shape index (κ2) is 6.75. The Kier molecular flexibility index (Phi) is 4.95. The van der Waals surface area contributed by atoms with Crippen molar-refractivity contribution in [3.63, 3.8) is 0 Å². The Morgan fingerprint density at radius 1 is 1.09 bits per heavy atom. The normalized spacial score (nSPS) is 12.1. The molecule has 2 aromatic rings. The van der Waals surface area contributed by atoms with Crippen LogP contribution in [0.1, 0.15) is 5.56 Å². The zero-order chi connectivity index (χ0) is 17.0. The summed E-state index contributed by atoms with van der Waals surface area (Å²) in [6.45, 7) is 0. The van der Waals surface area contributed by atoms with Crippen LogP contribution in [0.15, 0.2) is 54.6 Å². The van der Waals surface area contributed by atoms with E-state index in [9.17, 15) is 18.0 Å². The molecule has 0 radical (unpaired) electrons. The van der Waals surface area contributed by atoms with Crippen LogP contribution in [0.5, 0.6) is 0 Å². The third kappa shape index (κ3) is 4.50. The summed E-state index contributed by atoms with van der Waals surface area (Å²) in [5.41, 5.74) is 6.85. The van der Waals surface area contributed by atoms with E-state index in [1.54, 1.807) is 24.3 Å². The van der Waals surface area contributed by atoms with Gasteiger partial charge in [0.25, 0.3) is 5.78 Å². The number of nitrogens with two attached hydrogens (primary N) is 1. The van der Waals surface area contributed by atoms with Crippen molar-refractivity contribution in [2.24, 2.45) is 0 Å². The van der Waals surface area contributed by atoms with E-state index >= 15 is 0 Å². The molecule has 0 saturated heterocycles. The highest BCUT2D eigenvalue weighted by molar-refractivity contribution is 6.30. The Balaban J connectivity index is 2.43. The fourth-order valence-corrected chi connectivity index (χ4v) is 1.92. The average molecular weight is 341 g/mol. The number of carbonyl (C=O) groups is 1. The van der Waals surface area contributed by atoms with E-state index in [2.05, 4.69) is 5.32 Å². The molecule has 0 spiro atoms. The SMILES string of the molecule is Nc1ccccc1N/C(=C\C(=O)C(F)(F)F)c1ccc(Cl)cc1. The predicted octanol–water partition coefficient (Wildman–Crippen LogP) is 4.51. The summed E-state index contributed by atoms with van der Waals surface area (Å²) in [4.78, 5) is 11.3. The van der Waals surface area contributed by atoms with Crippen LogP contribution in [0.3, 0.4) is 0 Å². The average Bonchev–Trinajstić information content (AvgIpc) is 2.48. The van der Waals surface area contributed by atoms with Gasteiger partial charge in [0.1, 0.15) is 0 Å². The lowest BCUT2D eigenvalue weighted by atomic mass is 10.1. The minimum absolute atomic E-state index is 0.0260. The van der Waals surface area contributed by atoms with Gasteiger partial charge in [0.15, 0.2) is 0 Å². The third-order valence-electron chi connectivity index (χ3n) is 2.94. The van der Waals surface area contributed by atoms with Crippen molar-refractivity contribution < 1.29 is 18.0 Å². The molecule has 0 aliphatic rings. The first-order valence-corrected chi connectivity index (χ1v) is 6.85. The molecule has 23 heavy (non-hydrogen) atoms. The van der Waals surface area contributed by atoms with Crippen LogP contribution in [-0.4, -0.2) is 12.0 Å². The van der Waals surface area contributed by atoms with Crippen molar-refractivity contribution in [1.29, 1.82) is 0 Å². The first-order chi connectivity index (χ1) is 10.8. The zero-order valence-corrected chi connectivity index (χ0v) is 12.4. The quantitative estimate of drug-likeness (QED) is 0.636. The molecule has 0 fully saturated rings. The van der Waals surface area contributed by atoms with Gasteiger partial charge in [0.05, 0.1) is 11.4 Å². The number of alkyl halides is 3. The molecular weight excluding hydrogens is 329 g/mol. The molecule has 0 amide bonds. The van der Waals surface area contributed by atoms with Crippen molar-refractivity contribution in [2.45, 2.75) is 6.18 Å². The summed E-state index contributed by atoms with van der Waals surface area (Å²) >= 11 is 5.77. The lowest BCUT2D eigenvalue weighted by molar-refractivity contribution is -0.165. The van der Waals surface area contributed by atoms with Gasteiger partial charge >= 0.3 is 6.18 Å². The second-order valence-electron chi connectivity index (χ2n) is 4.64. The minimum Gasteiger partial charge on any atom is -0.397 e. The number of para-hydroxylation sites is 2. The largest absolute Gasteiger partial charge is 0.454 e. The molecule has 0 saturated carbocycles. The predicted molar refractivity (Wildman–Crippen MR) is 85.0 cm³/mol. The summed E-state index contributed by atoms with van der Waals surface area (Å²) in [6.07, 6.45) is -4.46. The molecule has 0 heterocycles. The van der Waals surface area contributed by atoms with E-state index < -0.39 is 12.0 Å². The van der Waals surface area contributed by atoms with Crippen LogP contribution in [-0.2, 0) is 4.79 Å². The van der Waals surface area contributed by atoms with E-state index in [1.165, 1.54) is 24.3 Å². The molecule has 0 bridgehead atoms. The molecule has 0 aliphatic carbocycles. The van der Waals surface area contributed by atoms with Crippen LogP contribution in [0.25, 0.3) is 5.70 Å². The molecule has 3 N–H and O–H groups in total. The van der Waals surface area contributed by atoms with E-state index in [0.29, 0.717) is 28.0 Å². The first-order valence-electron chi connectivity index (χ1n) is 6.47. The summed E-state index contributed by atoms with van der Waals surface area (Å²) < 4.78 is 37.6. The Morgan fingerprint density at radius 3 is 2.26 bits per heavy atom. The van der Waals surface area contributed by atoms with E-state index in [4.69, 9.17) is 17.3 Å². The second-order valence-corrected chi connectivity index (χ2v) is 5.08. The number of hydrogen-bond donors (Lipinski definition) is 2. The number of benzene rings is 2. The number of nitrogens with one attached hydrogen (secondary N) is 1. The Labute approximate surface area is 135 Å². The highest BCUT2D eigenvalue weighted by Crippen LogP contribution is 2.26. The maximum absolute atomic E-state index is 12.5. The number of carbonyl (C=O) groups excluding carboxylic acids is 1. The fourth-order valence-electron chi connectivity index (χ4n) is 1.79. The van der Waals surface area contributed by atoms with Gasteiger partial charge in [-0.05, 0) is 29.8 Å². The third-order valence-corrected chi connectivity index (χ3v) is 3.19. The van der Waals surface area contributed by atoms with Crippen LogP contribution in [0.4, 0.5) is 24.5 Å². The van der Waals surface area contributed by atoms with Gasteiger partial charge in [-0.2, -0.15) is 13.2 Å². The van der Waals surface area contributed by atoms with Crippen LogP contribution in [0, 0.1) is 0 Å². The number of allylic oxidation sites excluding steroid dienone is 1. The number of rotatable bonds is 4. The summed E-state index contributed by atoms with van der Waals surface area (Å²) in [5, 5.41) is 3.18. The molecule has 3 nitrogen and oxygen atoms in total. The van der Waals surface area contributed by atoms with Crippen molar-refractivity contribution in [2.75, 3.05) is 11.1 Å². The molecule has 120 valence electrons. The topological polar surface area (TPSA) is 55.1 Å². The molecule has 2 rings (SSSR count). The standard InChI is InChI=1S/C16H12ClF3N2O/c17-11-7-5-10(6-8-11)14(9-15(23)16(18,19)20)22-13-4-2-1-3-12(13)21/h1-9,22H,21H2/b14-9-. The van der Waals surface area contributed by atoms with Gasteiger partial charge in [-0.25, -0.2) is 0 Å². The number of ketones is 1. The van der Waals surface area contributed by atoms with E-state index in [0.717, 1.165) is 0 Å². The lowest BCUT2D eigenvalue weighted by Gasteiger charge is -2.14. The van der Waals surface area contributed by atoms with Crippen LogP contribution >= 0.6 is 11.6 Å². The minimum atomic E-state index is -4.96. The van der Waals surface area contributed by atoms with Gasteiger partial charge in [0, 0.05) is 16.8 Å². The molecule has 0 unspecified atom stereocenters. The number of hydrogen-bond acceptors (Lipinski definition) is 3. The van der Waals surface area contributed by atoms with Gasteiger partial charge in [-0.3, -0.25) is 4.79 Å². The van der Waals surface area contributed by atoms with Gasteiger partial charge in [0.2, 0.25) is 0 Å². The van der Waals surface area contributed by atoms with Gasteiger partial charge < -0.3 is 11.1 Å². The van der Waals surface area contributed by atoms with E-state index in [-0.39, 0.29) is 5.70 Å². The smallest absolute Gasteiger partial charge is 0.397 e. The summed E-state index contributed by atoms with van der Waals surface area (Å²) in [6, 6.07) is 12.6. The summed E-state index contributed by atoms with van der Waals surface area (Å²) in [7, 11) is 0. The highest BCUT2D eigenvalue weighted by atomic mass is 35.5. The van der Waals surface area contributed by atoms with Crippen LogP contribution < -0.4 is 11.1 Å². The maximum atomic E-state index is 12.5. The number of anilines is 2. The molecule has 2 aromatic carbocycles. The van der Waals surface area contributed by atoms with Crippen molar-refractivity contribution in [3.05, 3.63) is 65.2 Å². The fraction of sp³-hybridized carbons (Fsp3) is 0.0625. The van der Waals surface area contributed by atoms with Gasteiger partial charge in [-0.15, -0.1) is 0 Å². The maximum Gasteiger partial charge on any atom is 0.454 e. The molecular formula is C16H12ClF3N2O. The molecule has 0 aromatic heterocycles. The van der Waals surface area contributed by atoms with E-state index in [1.807, 2.05) is 0 Å². The zero-order valence-electron chi connectivity index (χ0n) is 11.7. The number of halogens is 4.